The Hall–Kier alpha value is -2.19. The molecule has 0 aliphatic carbocycles. The first kappa shape index (κ1) is 20.5. The van der Waals surface area contributed by atoms with Gasteiger partial charge < -0.3 is 4.74 Å². The van der Waals surface area contributed by atoms with E-state index in [2.05, 4.69) is 11.3 Å². The van der Waals surface area contributed by atoms with Crippen LogP contribution in [0.2, 0.25) is 0 Å². The fourth-order valence-corrected chi connectivity index (χ4v) is 4.68. The van der Waals surface area contributed by atoms with Crippen LogP contribution >= 0.6 is 0 Å². The molecule has 150 valence electrons. The van der Waals surface area contributed by atoms with Gasteiger partial charge in [0, 0.05) is 13.6 Å². The maximum absolute atomic E-state index is 13.0. The van der Waals surface area contributed by atoms with E-state index in [1.807, 2.05) is 55.5 Å². The molecule has 3 rings (SSSR count). The number of ether oxygens (including phenoxy) is 1. The highest BCUT2D eigenvalue weighted by Crippen LogP contribution is 2.34. The average Bonchev–Trinajstić information content (AvgIpc) is 3.09. The first-order valence-corrected chi connectivity index (χ1v) is 10.7. The minimum atomic E-state index is -3.58. The molecule has 0 unspecified atom stereocenters. The van der Waals surface area contributed by atoms with E-state index in [1.165, 1.54) is 0 Å². The van der Waals surface area contributed by atoms with Gasteiger partial charge in [-0.15, -0.1) is 0 Å². The first-order chi connectivity index (χ1) is 13.4. The predicted molar refractivity (Wildman–Crippen MR) is 109 cm³/mol. The zero-order valence-corrected chi connectivity index (χ0v) is 17.0. The van der Waals surface area contributed by atoms with Crippen LogP contribution in [0.3, 0.4) is 0 Å². The summed E-state index contributed by atoms with van der Waals surface area (Å²) in [6.07, 6.45) is 1.68. The Bertz CT molecular complexity index is 895. The average molecular weight is 403 g/mol. The van der Waals surface area contributed by atoms with Crippen molar-refractivity contribution in [2.24, 2.45) is 0 Å². The zero-order chi connectivity index (χ0) is 20.1. The molecule has 1 saturated heterocycles. The Kier molecular flexibility index (Phi) is 6.51. The molecule has 0 aromatic heterocycles. The van der Waals surface area contributed by atoms with E-state index in [9.17, 15) is 8.42 Å². The summed E-state index contributed by atoms with van der Waals surface area (Å²) in [6.45, 7) is 6.41. The van der Waals surface area contributed by atoms with Crippen LogP contribution in [0.4, 0.5) is 0 Å². The van der Waals surface area contributed by atoms with Gasteiger partial charge in [0.15, 0.2) is 0 Å². The van der Waals surface area contributed by atoms with Crippen LogP contribution in [0.15, 0.2) is 61.2 Å². The monoisotopic (exact) mass is 402 g/mol. The van der Waals surface area contributed by atoms with Gasteiger partial charge in [0.25, 0.3) is 0 Å². The molecule has 2 atom stereocenters. The van der Waals surface area contributed by atoms with Gasteiger partial charge in [-0.2, -0.15) is 5.06 Å². The molecule has 0 amide bonds. The smallest absolute Gasteiger partial charge is 0.219 e. The molecule has 2 aromatic rings. The number of nitrogens with zero attached hydrogens (tertiary/aromatic N) is 1. The van der Waals surface area contributed by atoms with Crippen LogP contribution in [0.5, 0.6) is 5.75 Å². The van der Waals surface area contributed by atoms with Gasteiger partial charge in [0.1, 0.15) is 17.6 Å². The van der Waals surface area contributed by atoms with Crippen molar-refractivity contribution in [2.75, 3.05) is 20.3 Å². The fraction of sp³-hybridized carbons (Fsp3) is 0.333. The normalized spacial score (nSPS) is 20.2. The number of hydrogen-bond donors (Lipinski definition) is 1. The lowest BCUT2D eigenvalue weighted by Gasteiger charge is -2.23. The third-order valence-corrected chi connectivity index (χ3v) is 6.51. The molecule has 0 radical (unpaired) electrons. The van der Waals surface area contributed by atoms with Crippen LogP contribution in [0.25, 0.3) is 0 Å². The number of nitrogens with one attached hydrogen (secondary N) is 1. The van der Waals surface area contributed by atoms with Gasteiger partial charge in [0.05, 0.1) is 12.6 Å². The van der Waals surface area contributed by atoms with Crippen molar-refractivity contribution in [3.8, 4) is 5.75 Å². The van der Waals surface area contributed by atoms with Crippen molar-refractivity contribution in [3.63, 3.8) is 0 Å². The van der Waals surface area contributed by atoms with E-state index in [4.69, 9.17) is 9.57 Å². The van der Waals surface area contributed by atoms with Crippen molar-refractivity contribution in [1.82, 2.24) is 9.79 Å². The number of rotatable bonds is 8. The van der Waals surface area contributed by atoms with E-state index < -0.39 is 21.3 Å². The topological polar surface area (TPSA) is 67.9 Å². The highest BCUT2D eigenvalue weighted by atomic mass is 32.2. The molecule has 1 heterocycles. The van der Waals surface area contributed by atoms with Crippen LogP contribution in [-0.4, -0.2) is 39.0 Å². The molecule has 1 aliphatic heterocycles. The fourth-order valence-electron chi connectivity index (χ4n) is 3.19. The van der Waals surface area contributed by atoms with Gasteiger partial charge in [0.2, 0.25) is 10.0 Å². The second-order valence-electron chi connectivity index (χ2n) is 6.85. The third-order valence-electron chi connectivity index (χ3n) is 4.77. The van der Waals surface area contributed by atoms with Crippen LogP contribution in [0, 0.1) is 6.92 Å². The van der Waals surface area contributed by atoms with E-state index in [-0.39, 0.29) is 13.2 Å². The van der Waals surface area contributed by atoms with Gasteiger partial charge in [-0.25, -0.2) is 13.1 Å². The molecule has 6 nitrogen and oxygen atoms in total. The van der Waals surface area contributed by atoms with Crippen LogP contribution < -0.4 is 9.46 Å². The minimum Gasteiger partial charge on any atom is -0.490 e. The van der Waals surface area contributed by atoms with E-state index in [0.29, 0.717) is 12.4 Å². The minimum absolute atomic E-state index is 0.110. The largest absolute Gasteiger partial charge is 0.490 e. The lowest BCUT2D eigenvalue weighted by molar-refractivity contribution is -0.110. The summed E-state index contributed by atoms with van der Waals surface area (Å²) in [5.41, 5.74) is 2.91. The standard InChI is InChI=1S/C21H26N2O4S/c1-4-13-26-19-11-9-18(10-12-19)21-20(15-27-23(21)3)28(24,25)22-14-17-7-5-16(2)6-8-17/h4-12,20-22H,1,13-15H2,2-3H3/t20-,21+/m1/s1. The van der Waals surface area contributed by atoms with Gasteiger partial charge >= 0.3 is 0 Å². The maximum atomic E-state index is 13.0. The number of hydroxylamine groups is 2. The molecule has 0 saturated carbocycles. The van der Waals surface area contributed by atoms with Gasteiger partial charge in [-0.1, -0.05) is 54.6 Å². The molecular formula is C21H26N2O4S. The van der Waals surface area contributed by atoms with Crippen LogP contribution in [-0.2, 0) is 21.4 Å². The number of benzene rings is 2. The SMILES string of the molecule is C=CCOc1ccc([C@H]2[C@H](S(=O)(=O)NCc3ccc(C)cc3)CON2C)cc1. The predicted octanol–water partition coefficient (Wildman–Crippen LogP) is 2.97. The van der Waals surface area contributed by atoms with Crippen molar-refractivity contribution in [1.29, 1.82) is 0 Å². The summed E-state index contributed by atoms with van der Waals surface area (Å²) >= 11 is 0. The molecule has 0 bridgehead atoms. The summed E-state index contributed by atoms with van der Waals surface area (Å²) < 4.78 is 34.1. The third kappa shape index (κ3) is 4.80. The van der Waals surface area contributed by atoms with E-state index in [0.717, 1.165) is 16.7 Å². The highest BCUT2D eigenvalue weighted by molar-refractivity contribution is 7.90. The van der Waals surface area contributed by atoms with Gasteiger partial charge in [-0.3, -0.25) is 4.84 Å². The lowest BCUT2D eigenvalue weighted by atomic mass is 10.0. The lowest BCUT2D eigenvalue weighted by Crippen LogP contribution is -2.39. The molecule has 7 heteroatoms. The molecule has 0 spiro atoms. The van der Waals surface area contributed by atoms with Crippen molar-refractivity contribution < 1.29 is 18.0 Å². The Morgan fingerprint density at radius 2 is 1.89 bits per heavy atom. The quantitative estimate of drug-likeness (QED) is 0.688. The molecule has 1 fully saturated rings. The Labute approximate surface area is 166 Å². The Morgan fingerprint density at radius 3 is 2.54 bits per heavy atom. The first-order valence-electron chi connectivity index (χ1n) is 9.14. The second-order valence-corrected chi connectivity index (χ2v) is 8.83. The summed E-state index contributed by atoms with van der Waals surface area (Å²) in [6, 6.07) is 14.8. The van der Waals surface area contributed by atoms with E-state index >= 15 is 0 Å². The van der Waals surface area contributed by atoms with Crippen LogP contribution in [0.1, 0.15) is 22.7 Å². The Balaban J connectivity index is 1.73. The van der Waals surface area contributed by atoms with E-state index in [1.54, 1.807) is 18.2 Å². The van der Waals surface area contributed by atoms with Crippen molar-refractivity contribution in [2.45, 2.75) is 24.8 Å². The Morgan fingerprint density at radius 1 is 1.21 bits per heavy atom. The maximum Gasteiger partial charge on any atom is 0.219 e. The summed E-state index contributed by atoms with van der Waals surface area (Å²) in [5, 5.41) is 0.901. The number of sulfonamides is 1. The molecular weight excluding hydrogens is 376 g/mol. The summed E-state index contributed by atoms with van der Waals surface area (Å²) in [5.74, 6) is 0.710. The van der Waals surface area contributed by atoms with Crippen molar-refractivity contribution in [3.05, 3.63) is 77.9 Å². The van der Waals surface area contributed by atoms with Crippen molar-refractivity contribution >= 4 is 10.0 Å². The number of aryl methyl sites for hydroxylation is 1. The number of hydrogen-bond acceptors (Lipinski definition) is 5. The second kappa shape index (κ2) is 8.87. The molecule has 1 N–H and O–H groups in total. The zero-order valence-electron chi connectivity index (χ0n) is 16.2. The molecule has 1 aliphatic rings. The molecule has 28 heavy (non-hydrogen) atoms. The summed E-state index contributed by atoms with van der Waals surface area (Å²) in [7, 11) is -1.83. The van der Waals surface area contributed by atoms with Gasteiger partial charge in [-0.05, 0) is 30.2 Å². The highest BCUT2D eigenvalue weighted by Gasteiger charge is 2.43. The molecule has 2 aromatic carbocycles. The summed E-state index contributed by atoms with van der Waals surface area (Å²) in [4.78, 5) is 5.55.